The van der Waals surface area contributed by atoms with Crippen molar-refractivity contribution in [1.29, 1.82) is 0 Å². The number of ether oxygens (including phenoxy) is 1. The molecular formula is C12H18Cl2N2O. The molecule has 0 saturated heterocycles. The van der Waals surface area contributed by atoms with E-state index in [1.807, 2.05) is 0 Å². The number of likely N-dealkylation sites (N-methyl/N-ethyl adjacent to an activating group) is 1. The van der Waals surface area contributed by atoms with Crippen molar-refractivity contribution in [3.05, 3.63) is 28.0 Å². The Labute approximate surface area is 113 Å². The molecule has 0 N–H and O–H groups in total. The van der Waals surface area contributed by atoms with Crippen LogP contribution in [0.1, 0.15) is 19.5 Å². The van der Waals surface area contributed by atoms with Crippen LogP contribution in [0, 0.1) is 0 Å². The lowest BCUT2D eigenvalue weighted by Crippen LogP contribution is -2.35. The lowest BCUT2D eigenvalue weighted by atomic mass is 10.2. The van der Waals surface area contributed by atoms with Crippen LogP contribution in [0.2, 0.25) is 10.2 Å². The third-order valence-corrected chi connectivity index (χ3v) is 3.23. The average Bonchev–Trinajstić information content (AvgIpc) is 2.30. The minimum Gasteiger partial charge on any atom is -0.383 e. The Bertz CT molecular complexity index is 360. The Morgan fingerprint density at radius 3 is 2.71 bits per heavy atom. The molecule has 0 amide bonds. The molecule has 0 aliphatic heterocycles. The van der Waals surface area contributed by atoms with Gasteiger partial charge >= 0.3 is 0 Å². The molecule has 1 rings (SSSR count). The van der Waals surface area contributed by atoms with Crippen LogP contribution >= 0.6 is 23.2 Å². The van der Waals surface area contributed by atoms with Gasteiger partial charge in [-0.1, -0.05) is 30.1 Å². The number of halogens is 2. The highest BCUT2D eigenvalue weighted by molar-refractivity contribution is 6.32. The monoisotopic (exact) mass is 276 g/mol. The molecule has 5 heteroatoms. The van der Waals surface area contributed by atoms with Gasteiger partial charge in [-0.05, 0) is 25.6 Å². The van der Waals surface area contributed by atoms with Crippen molar-refractivity contribution in [1.82, 2.24) is 9.88 Å². The molecule has 1 aromatic heterocycles. The maximum Gasteiger partial charge on any atom is 0.129 e. The fourth-order valence-corrected chi connectivity index (χ4v) is 2.02. The number of rotatable bonds is 6. The van der Waals surface area contributed by atoms with Crippen LogP contribution in [0.5, 0.6) is 0 Å². The zero-order valence-electron chi connectivity index (χ0n) is 10.4. The second-order valence-corrected chi connectivity index (χ2v) is 4.72. The Morgan fingerprint density at radius 1 is 1.41 bits per heavy atom. The van der Waals surface area contributed by atoms with Gasteiger partial charge in [0.15, 0.2) is 0 Å². The van der Waals surface area contributed by atoms with E-state index in [1.165, 1.54) is 0 Å². The highest BCUT2D eigenvalue weighted by Gasteiger charge is 2.14. The first-order chi connectivity index (χ1) is 8.08. The van der Waals surface area contributed by atoms with Crippen molar-refractivity contribution < 1.29 is 4.74 Å². The standard InChI is InChI=1S/C12H18Cl2N2O/c1-4-16(9(2)8-17-3)7-11-10(13)5-6-12(14)15-11/h5-6,9H,4,7-8H2,1-3H3. The fraction of sp³-hybridized carbons (Fsp3) is 0.583. The summed E-state index contributed by atoms with van der Waals surface area (Å²) in [4.78, 5) is 6.50. The van der Waals surface area contributed by atoms with E-state index in [1.54, 1.807) is 19.2 Å². The Kier molecular flexibility index (Phi) is 6.20. The normalized spacial score (nSPS) is 13.1. The van der Waals surface area contributed by atoms with Gasteiger partial charge in [0.2, 0.25) is 0 Å². The quantitative estimate of drug-likeness (QED) is 0.746. The Hall–Kier alpha value is -0.350. The van der Waals surface area contributed by atoms with Crippen molar-refractivity contribution >= 4 is 23.2 Å². The summed E-state index contributed by atoms with van der Waals surface area (Å²) in [5, 5.41) is 1.12. The number of pyridine rings is 1. The molecule has 0 saturated carbocycles. The number of hydrogen-bond donors (Lipinski definition) is 0. The SMILES string of the molecule is CCN(Cc1nc(Cl)ccc1Cl)C(C)COC. The topological polar surface area (TPSA) is 25.4 Å². The highest BCUT2D eigenvalue weighted by atomic mass is 35.5. The van der Waals surface area contributed by atoms with E-state index in [9.17, 15) is 0 Å². The van der Waals surface area contributed by atoms with Crippen LogP contribution < -0.4 is 0 Å². The molecule has 0 aliphatic rings. The predicted octanol–water partition coefficient (Wildman–Crippen LogP) is 3.25. The van der Waals surface area contributed by atoms with Gasteiger partial charge in [-0.25, -0.2) is 4.98 Å². The summed E-state index contributed by atoms with van der Waals surface area (Å²) in [6.45, 7) is 6.50. The Balaban J connectivity index is 2.76. The van der Waals surface area contributed by atoms with E-state index in [4.69, 9.17) is 27.9 Å². The van der Waals surface area contributed by atoms with Crippen molar-refractivity contribution in [3.63, 3.8) is 0 Å². The van der Waals surface area contributed by atoms with Crippen LogP contribution in [0.15, 0.2) is 12.1 Å². The molecule has 0 aromatic carbocycles. The van der Waals surface area contributed by atoms with Gasteiger partial charge in [0.05, 0.1) is 17.3 Å². The molecule has 0 bridgehead atoms. The summed E-state index contributed by atoms with van der Waals surface area (Å²) >= 11 is 12.0. The molecule has 0 spiro atoms. The third-order valence-electron chi connectivity index (χ3n) is 2.67. The predicted molar refractivity (Wildman–Crippen MR) is 71.7 cm³/mol. The van der Waals surface area contributed by atoms with E-state index < -0.39 is 0 Å². The number of hydrogen-bond acceptors (Lipinski definition) is 3. The Morgan fingerprint density at radius 2 is 2.12 bits per heavy atom. The molecular weight excluding hydrogens is 259 g/mol. The summed E-state index contributed by atoms with van der Waals surface area (Å²) in [5.74, 6) is 0. The molecule has 1 unspecified atom stereocenters. The summed E-state index contributed by atoms with van der Waals surface area (Å²) in [7, 11) is 1.70. The fourth-order valence-electron chi connectivity index (χ4n) is 1.69. The molecule has 17 heavy (non-hydrogen) atoms. The van der Waals surface area contributed by atoms with E-state index in [0.717, 1.165) is 12.2 Å². The zero-order valence-corrected chi connectivity index (χ0v) is 11.9. The average molecular weight is 277 g/mol. The number of methoxy groups -OCH3 is 1. The first kappa shape index (κ1) is 14.7. The van der Waals surface area contributed by atoms with Gasteiger partial charge in [0, 0.05) is 19.7 Å². The second-order valence-electron chi connectivity index (χ2n) is 3.93. The number of nitrogens with zero attached hydrogens (tertiary/aromatic N) is 2. The van der Waals surface area contributed by atoms with Crippen molar-refractivity contribution in [2.45, 2.75) is 26.4 Å². The van der Waals surface area contributed by atoms with Gasteiger partial charge < -0.3 is 4.74 Å². The third kappa shape index (κ3) is 4.43. The first-order valence-electron chi connectivity index (χ1n) is 5.62. The lowest BCUT2D eigenvalue weighted by Gasteiger charge is -2.27. The molecule has 1 aromatic rings. The molecule has 1 heterocycles. The summed E-state index contributed by atoms with van der Waals surface area (Å²) < 4.78 is 5.16. The molecule has 3 nitrogen and oxygen atoms in total. The van der Waals surface area contributed by atoms with Gasteiger partial charge in [0.25, 0.3) is 0 Å². The summed E-state index contributed by atoms with van der Waals surface area (Å²) in [6, 6.07) is 3.80. The van der Waals surface area contributed by atoms with Gasteiger partial charge in [0.1, 0.15) is 5.15 Å². The van der Waals surface area contributed by atoms with Crippen molar-refractivity contribution in [2.75, 3.05) is 20.3 Å². The minimum atomic E-state index is 0.321. The minimum absolute atomic E-state index is 0.321. The largest absolute Gasteiger partial charge is 0.383 e. The lowest BCUT2D eigenvalue weighted by molar-refractivity contribution is 0.0974. The highest BCUT2D eigenvalue weighted by Crippen LogP contribution is 2.19. The van der Waals surface area contributed by atoms with E-state index in [0.29, 0.717) is 29.4 Å². The zero-order chi connectivity index (χ0) is 12.8. The smallest absolute Gasteiger partial charge is 0.129 e. The van der Waals surface area contributed by atoms with Crippen LogP contribution in [0.4, 0.5) is 0 Å². The first-order valence-corrected chi connectivity index (χ1v) is 6.38. The number of aromatic nitrogens is 1. The summed E-state index contributed by atoms with van der Waals surface area (Å²) in [5.41, 5.74) is 0.809. The maximum atomic E-state index is 6.10. The van der Waals surface area contributed by atoms with Crippen LogP contribution in [-0.2, 0) is 11.3 Å². The van der Waals surface area contributed by atoms with Gasteiger partial charge in [-0.15, -0.1) is 0 Å². The molecule has 0 radical (unpaired) electrons. The molecule has 1 atom stereocenters. The van der Waals surface area contributed by atoms with Crippen molar-refractivity contribution in [2.24, 2.45) is 0 Å². The van der Waals surface area contributed by atoms with E-state index >= 15 is 0 Å². The van der Waals surface area contributed by atoms with Crippen LogP contribution in [0.3, 0.4) is 0 Å². The van der Waals surface area contributed by atoms with Crippen LogP contribution in [0.25, 0.3) is 0 Å². The van der Waals surface area contributed by atoms with Crippen LogP contribution in [-0.4, -0.2) is 36.2 Å². The molecule has 0 aliphatic carbocycles. The van der Waals surface area contributed by atoms with Gasteiger partial charge in [-0.2, -0.15) is 0 Å². The van der Waals surface area contributed by atoms with E-state index in [-0.39, 0.29) is 0 Å². The second kappa shape index (κ2) is 7.17. The van der Waals surface area contributed by atoms with Gasteiger partial charge in [-0.3, -0.25) is 4.90 Å². The maximum absolute atomic E-state index is 6.10. The van der Waals surface area contributed by atoms with Crippen molar-refractivity contribution in [3.8, 4) is 0 Å². The summed E-state index contributed by atoms with van der Waals surface area (Å²) in [6.07, 6.45) is 0. The van der Waals surface area contributed by atoms with E-state index in [2.05, 4.69) is 23.7 Å². The molecule has 96 valence electrons. The molecule has 0 fully saturated rings.